The van der Waals surface area contributed by atoms with Crippen molar-refractivity contribution >= 4 is 35.1 Å². The van der Waals surface area contributed by atoms with E-state index in [0.717, 1.165) is 30.7 Å². The average molecular weight is 581 g/mol. The number of hydrogen-bond acceptors (Lipinski definition) is 9. The molecule has 1 aliphatic rings. The van der Waals surface area contributed by atoms with E-state index >= 15 is 0 Å². The summed E-state index contributed by atoms with van der Waals surface area (Å²) in [6.45, 7) is 9.71. The quantitative estimate of drug-likeness (QED) is 0.170. The maximum atomic E-state index is 14.1. The van der Waals surface area contributed by atoms with Gasteiger partial charge in [-0.1, -0.05) is 34.1 Å². The Labute approximate surface area is 240 Å². The number of likely N-dealkylation sites (tertiary alicyclic amines) is 1. The molecule has 11 nitrogen and oxygen atoms in total. The van der Waals surface area contributed by atoms with E-state index in [1.54, 1.807) is 6.92 Å². The monoisotopic (exact) mass is 580 g/mol. The highest BCUT2D eigenvalue weighted by atomic mass is 32.1. The number of piperidine rings is 1. The third-order valence-corrected chi connectivity index (χ3v) is 8.18. The number of carbonyl (C=O) groups excluding carboxylic acids is 3. The molecule has 3 N–H and O–H groups in total. The molecule has 224 valence electrons. The zero-order chi connectivity index (χ0) is 30.0. The lowest BCUT2D eigenvalue weighted by Crippen LogP contribution is -2.52. The van der Waals surface area contributed by atoms with E-state index < -0.39 is 30.0 Å². The number of carboxylic acid groups (broad SMARTS) is 1. The Morgan fingerprint density at radius 3 is 2.50 bits per heavy atom. The van der Waals surface area contributed by atoms with Crippen LogP contribution >= 0.6 is 11.3 Å². The Kier molecular flexibility index (Phi) is 13.2. The molecule has 3 atom stereocenters. The van der Waals surface area contributed by atoms with Crippen molar-refractivity contribution in [1.29, 1.82) is 0 Å². The zero-order valence-corrected chi connectivity index (χ0v) is 25.3. The summed E-state index contributed by atoms with van der Waals surface area (Å²) in [6.07, 6.45) is 2.79. The number of carbonyl (C=O) groups is 4. The van der Waals surface area contributed by atoms with Gasteiger partial charge in [-0.25, -0.2) is 9.78 Å². The van der Waals surface area contributed by atoms with E-state index in [1.165, 1.54) is 10.3 Å². The fourth-order valence-electron chi connectivity index (χ4n) is 4.63. The number of nitrogens with one attached hydrogen (secondary N) is 1. The Balaban J connectivity index is 2.41. The molecule has 12 heteroatoms. The highest BCUT2D eigenvalue weighted by molar-refractivity contribution is 7.09. The third-order valence-electron chi connectivity index (χ3n) is 7.23. The van der Waals surface area contributed by atoms with Crippen LogP contribution in [-0.4, -0.2) is 81.2 Å². The average Bonchev–Trinajstić information content (AvgIpc) is 3.41. The first-order valence-electron chi connectivity index (χ1n) is 13.9. The van der Waals surface area contributed by atoms with Crippen LogP contribution < -0.4 is 5.32 Å². The molecule has 1 saturated heterocycles. The lowest BCUT2D eigenvalue weighted by atomic mass is 9.95. The van der Waals surface area contributed by atoms with Gasteiger partial charge >= 0.3 is 11.9 Å². The summed E-state index contributed by atoms with van der Waals surface area (Å²) < 4.78 is 5.47. The minimum atomic E-state index is -1.20. The van der Waals surface area contributed by atoms with Crippen LogP contribution in [0.1, 0.15) is 101 Å². The summed E-state index contributed by atoms with van der Waals surface area (Å²) in [5.41, 5.74) is 0.650. The SMILES string of the molecule is CCCC(=O)OCN(C(=O)/C(NC(=O)[C@H]1CCCCN1C)=C(/C)CC)[C@H](C[C@@H](O)c1nc(C(=O)O)cs1)C(C)C. The van der Waals surface area contributed by atoms with E-state index in [2.05, 4.69) is 10.3 Å². The number of aliphatic hydroxyl groups excluding tert-OH is 1. The molecule has 0 saturated carbocycles. The number of aliphatic hydroxyl groups is 1. The fourth-order valence-corrected chi connectivity index (χ4v) is 5.42. The molecule has 0 unspecified atom stereocenters. The van der Waals surface area contributed by atoms with E-state index in [4.69, 9.17) is 4.74 Å². The minimum absolute atomic E-state index is 0.0269. The molecule has 1 aromatic rings. The predicted octanol–water partition coefficient (Wildman–Crippen LogP) is 3.70. The molecule has 0 spiro atoms. The molecule has 0 bridgehead atoms. The van der Waals surface area contributed by atoms with Gasteiger partial charge in [0.05, 0.1) is 6.04 Å². The number of allylic oxidation sites excluding steroid dienone is 1. The van der Waals surface area contributed by atoms with Gasteiger partial charge in [0.25, 0.3) is 5.91 Å². The Morgan fingerprint density at radius 2 is 1.95 bits per heavy atom. The lowest BCUT2D eigenvalue weighted by molar-refractivity contribution is -0.156. The number of likely N-dealkylation sites (N-methyl/N-ethyl adjacent to an activating group) is 1. The summed E-state index contributed by atoms with van der Waals surface area (Å²) in [4.78, 5) is 58.4. The second-order valence-corrected chi connectivity index (χ2v) is 11.5. The normalized spacial score (nSPS) is 18.1. The summed E-state index contributed by atoms with van der Waals surface area (Å²) in [7, 11) is 1.89. The van der Waals surface area contributed by atoms with Crippen molar-refractivity contribution in [3.8, 4) is 0 Å². The summed E-state index contributed by atoms with van der Waals surface area (Å²) >= 11 is 1.02. The van der Waals surface area contributed by atoms with E-state index in [0.29, 0.717) is 24.8 Å². The number of rotatable bonds is 14. The summed E-state index contributed by atoms with van der Waals surface area (Å²) in [5.74, 6) is -2.61. The molecule has 0 radical (unpaired) electrons. The Hall–Kier alpha value is -2.83. The topological polar surface area (TPSA) is 149 Å². The molecule has 1 aromatic heterocycles. The van der Waals surface area contributed by atoms with Crippen LogP contribution in [0, 0.1) is 5.92 Å². The number of nitrogens with zero attached hydrogens (tertiary/aromatic N) is 3. The first kappa shape index (κ1) is 33.4. The van der Waals surface area contributed by atoms with Crippen LogP contribution in [0.4, 0.5) is 0 Å². The Bertz CT molecular complexity index is 1070. The number of aromatic carboxylic acids is 1. The minimum Gasteiger partial charge on any atom is -0.476 e. The van der Waals surface area contributed by atoms with E-state index in [9.17, 15) is 29.4 Å². The van der Waals surface area contributed by atoms with E-state index in [-0.39, 0.29) is 53.8 Å². The van der Waals surface area contributed by atoms with Crippen molar-refractivity contribution in [3.05, 3.63) is 27.4 Å². The predicted molar refractivity (Wildman–Crippen MR) is 151 cm³/mol. The van der Waals surface area contributed by atoms with Crippen LogP contribution in [0.5, 0.6) is 0 Å². The second kappa shape index (κ2) is 15.8. The molecule has 0 aromatic carbocycles. The molecule has 40 heavy (non-hydrogen) atoms. The van der Waals surface area contributed by atoms with E-state index in [1.807, 2.05) is 39.6 Å². The summed E-state index contributed by atoms with van der Waals surface area (Å²) in [6, 6.07) is -0.976. The van der Waals surface area contributed by atoms with Crippen LogP contribution in [-0.2, 0) is 19.1 Å². The number of aromatic nitrogens is 1. The van der Waals surface area contributed by atoms with Gasteiger partial charge in [0.15, 0.2) is 12.4 Å². The molecule has 2 amide bonds. The molecule has 2 heterocycles. The lowest BCUT2D eigenvalue weighted by Gasteiger charge is -2.36. The molecule has 1 fully saturated rings. The van der Waals surface area contributed by atoms with Crippen LogP contribution in [0.3, 0.4) is 0 Å². The standard InChI is InChI=1S/C28H44N4O7S/c1-7-11-23(34)39-16-32(21(17(3)4)14-22(33)26-29-19(15-40-26)28(37)38)27(36)24(18(5)8-2)30-25(35)20-12-9-10-13-31(20)6/h15,17,20-22,33H,7-14,16H2,1-6H3,(H,30,35)(H,37,38)/b24-18+/t20-,21-,22-/m1/s1. The zero-order valence-electron chi connectivity index (χ0n) is 24.4. The fraction of sp³-hybridized carbons (Fsp3) is 0.679. The third kappa shape index (κ3) is 9.10. The Morgan fingerprint density at radius 1 is 1.25 bits per heavy atom. The first-order chi connectivity index (χ1) is 18.9. The van der Waals surface area contributed by atoms with Gasteiger partial charge in [0, 0.05) is 24.3 Å². The van der Waals surface area contributed by atoms with Crippen LogP contribution in [0.25, 0.3) is 0 Å². The van der Waals surface area contributed by atoms with Gasteiger partial charge in [-0.05, 0) is 57.7 Å². The van der Waals surface area contributed by atoms with Crippen molar-refractivity contribution < 1.29 is 34.1 Å². The van der Waals surface area contributed by atoms with Gasteiger partial charge in [0.1, 0.15) is 16.8 Å². The van der Waals surface area contributed by atoms with Crippen molar-refractivity contribution in [1.82, 2.24) is 20.1 Å². The van der Waals surface area contributed by atoms with Gasteiger partial charge in [-0.3, -0.25) is 19.3 Å². The number of amides is 2. The number of hydrogen-bond donors (Lipinski definition) is 3. The maximum Gasteiger partial charge on any atom is 0.355 e. The van der Waals surface area contributed by atoms with Crippen LogP contribution in [0.15, 0.2) is 16.7 Å². The number of carboxylic acids is 1. The van der Waals surface area contributed by atoms with Crippen LogP contribution in [0.2, 0.25) is 0 Å². The smallest absolute Gasteiger partial charge is 0.355 e. The van der Waals surface area contributed by atoms with Crippen molar-refractivity contribution in [2.24, 2.45) is 5.92 Å². The second-order valence-electron chi connectivity index (χ2n) is 10.6. The number of esters is 1. The highest BCUT2D eigenvalue weighted by Crippen LogP contribution is 2.29. The van der Waals surface area contributed by atoms with Gasteiger partial charge in [-0.2, -0.15) is 0 Å². The molecular formula is C28H44N4O7S. The van der Waals surface area contributed by atoms with Crippen molar-refractivity contribution in [3.63, 3.8) is 0 Å². The van der Waals surface area contributed by atoms with Gasteiger partial charge in [0.2, 0.25) is 5.91 Å². The van der Waals surface area contributed by atoms with Crippen molar-refractivity contribution in [2.75, 3.05) is 20.3 Å². The molecule has 0 aliphatic carbocycles. The van der Waals surface area contributed by atoms with Gasteiger partial charge < -0.3 is 25.2 Å². The first-order valence-corrected chi connectivity index (χ1v) is 14.8. The highest BCUT2D eigenvalue weighted by Gasteiger charge is 2.35. The van der Waals surface area contributed by atoms with Gasteiger partial charge in [-0.15, -0.1) is 11.3 Å². The number of thiazole rings is 1. The molecule has 2 rings (SSSR count). The molecule has 1 aliphatic heterocycles. The number of ether oxygens (including phenoxy) is 1. The molecular weight excluding hydrogens is 536 g/mol. The summed E-state index contributed by atoms with van der Waals surface area (Å²) in [5, 5.41) is 24.7. The van der Waals surface area contributed by atoms with Crippen molar-refractivity contribution in [2.45, 2.75) is 97.8 Å². The maximum absolute atomic E-state index is 14.1. The largest absolute Gasteiger partial charge is 0.476 e.